The molecule has 1 atom stereocenters. The Morgan fingerprint density at radius 3 is 1.87 bits per heavy atom. The van der Waals surface area contributed by atoms with Crippen LogP contribution in [0.1, 0.15) is 47.0 Å². The molecule has 0 aromatic rings. The van der Waals surface area contributed by atoms with Crippen LogP contribution in [0.25, 0.3) is 0 Å². The summed E-state index contributed by atoms with van der Waals surface area (Å²) in [6, 6.07) is 0. The van der Waals surface area contributed by atoms with Crippen molar-refractivity contribution in [2.45, 2.75) is 52.6 Å². The summed E-state index contributed by atoms with van der Waals surface area (Å²) in [4.78, 5) is 14.1. The smallest absolute Gasteiger partial charge is 0.469 e. The van der Waals surface area contributed by atoms with Gasteiger partial charge in [0.15, 0.2) is 0 Å². The molecule has 6 nitrogen and oxygen atoms in total. The summed E-state index contributed by atoms with van der Waals surface area (Å²) in [5, 5.41) is 0. The number of rotatable bonds is 10. The third-order valence-electron chi connectivity index (χ3n) is 4.34. The van der Waals surface area contributed by atoms with Crippen molar-refractivity contribution in [3.63, 3.8) is 0 Å². The molecule has 23 heavy (non-hydrogen) atoms. The van der Waals surface area contributed by atoms with Gasteiger partial charge in [-0.05, 0) is 53.1 Å². The predicted octanol–water partition coefficient (Wildman–Crippen LogP) is 2.24. The number of hydrogen-bond donors (Lipinski definition) is 0. The van der Waals surface area contributed by atoms with E-state index in [4.69, 9.17) is 18.0 Å². The van der Waals surface area contributed by atoms with Gasteiger partial charge in [-0.15, -0.1) is 0 Å². The molecule has 0 amide bonds. The highest BCUT2D eigenvalue weighted by atomic mass is 28.4. The van der Waals surface area contributed by atoms with E-state index in [9.17, 15) is 4.79 Å². The van der Waals surface area contributed by atoms with Crippen molar-refractivity contribution in [2.75, 3.05) is 40.0 Å². The van der Waals surface area contributed by atoms with Crippen LogP contribution in [-0.2, 0) is 22.8 Å². The molecule has 0 aromatic heterocycles. The molecule has 1 aliphatic heterocycles. The van der Waals surface area contributed by atoms with E-state index in [0.29, 0.717) is 19.8 Å². The third kappa shape index (κ3) is 5.25. The lowest BCUT2D eigenvalue weighted by Crippen LogP contribution is -2.64. The van der Waals surface area contributed by atoms with E-state index in [1.54, 1.807) is 0 Å². The second-order valence-corrected chi connectivity index (χ2v) is 8.40. The number of esters is 1. The third-order valence-corrected chi connectivity index (χ3v) is 8.00. The number of carbonyl (C=O) groups is 1. The van der Waals surface area contributed by atoms with Crippen molar-refractivity contribution in [2.24, 2.45) is 5.92 Å². The molecule has 0 aromatic carbocycles. The largest absolute Gasteiger partial charge is 0.519 e. The summed E-state index contributed by atoms with van der Waals surface area (Å²) >= 11 is 0. The standard InChI is InChI=1S/C16H33NO5Si/c1-6-15(23(20-7-2,21-8-3)22-9-4)17-12-10-14(11-13-17)16(18)19-5/h14-15H,6-13H2,1-5H3. The summed E-state index contributed by atoms with van der Waals surface area (Å²) in [7, 11) is -1.30. The van der Waals surface area contributed by atoms with Gasteiger partial charge in [0.1, 0.15) is 0 Å². The second-order valence-electron chi connectivity index (χ2n) is 5.66. The normalized spacial score (nSPS) is 18.8. The fourth-order valence-electron chi connectivity index (χ4n) is 3.36. The zero-order valence-electron chi connectivity index (χ0n) is 15.3. The highest BCUT2D eigenvalue weighted by Gasteiger charge is 2.51. The fraction of sp³-hybridized carbons (Fsp3) is 0.938. The highest BCUT2D eigenvalue weighted by molar-refractivity contribution is 6.62. The molecular weight excluding hydrogens is 314 g/mol. The average molecular weight is 348 g/mol. The minimum Gasteiger partial charge on any atom is -0.469 e. The van der Waals surface area contributed by atoms with Gasteiger partial charge in [0.05, 0.1) is 18.7 Å². The van der Waals surface area contributed by atoms with Crippen molar-refractivity contribution in [3.8, 4) is 0 Å². The highest BCUT2D eigenvalue weighted by Crippen LogP contribution is 2.28. The van der Waals surface area contributed by atoms with E-state index in [2.05, 4.69) is 11.8 Å². The molecule has 136 valence electrons. The van der Waals surface area contributed by atoms with Gasteiger partial charge >= 0.3 is 14.8 Å². The van der Waals surface area contributed by atoms with E-state index in [-0.39, 0.29) is 17.6 Å². The summed E-state index contributed by atoms with van der Waals surface area (Å²) in [6.45, 7) is 11.5. The zero-order chi connectivity index (χ0) is 17.3. The number of likely N-dealkylation sites (tertiary alicyclic amines) is 1. The zero-order valence-corrected chi connectivity index (χ0v) is 16.3. The summed E-state index contributed by atoms with van der Waals surface area (Å²) in [6.07, 6.45) is 2.55. The Morgan fingerprint density at radius 2 is 1.52 bits per heavy atom. The number of ether oxygens (including phenoxy) is 1. The monoisotopic (exact) mass is 347 g/mol. The van der Waals surface area contributed by atoms with E-state index in [1.807, 2.05) is 20.8 Å². The van der Waals surface area contributed by atoms with Gasteiger partial charge in [0.25, 0.3) is 0 Å². The van der Waals surface area contributed by atoms with Crippen LogP contribution in [0, 0.1) is 5.92 Å². The van der Waals surface area contributed by atoms with Crippen LogP contribution in [0.4, 0.5) is 0 Å². The van der Waals surface area contributed by atoms with Gasteiger partial charge in [0.2, 0.25) is 0 Å². The van der Waals surface area contributed by atoms with E-state index < -0.39 is 8.80 Å². The van der Waals surface area contributed by atoms with Gasteiger partial charge in [-0.3, -0.25) is 9.69 Å². The first kappa shape index (κ1) is 20.6. The minimum absolute atomic E-state index is 0.0103. The molecule has 0 aliphatic carbocycles. The van der Waals surface area contributed by atoms with Crippen molar-refractivity contribution < 1.29 is 22.8 Å². The van der Waals surface area contributed by atoms with Crippen LogP contribution in [0.15, 0.2) is 0 Å². The lowest BCUT2D eigenvalue weighted by molar-refractivity contribution is -0.147. The molecule has 1 aliphatic rings. The van der Waals surface area contributed by atoms with Crippen molar-refractivity contribution >= 4 is 14.8 Å². The number of hydrogen-bond acceptors (Lipinski definition) is 6. The van der Waals surface area contributed by atoms with Crippen LogP contribution in [0.3, 0.4) is 0 Å². The Morgan fingerprint density at radius 1 is 1.04 bits per heavy atom. The molecule has 1 saturated heterocycles. The van der Waals surface area contributed by atoms with E-state index in [0.717, 1.165) is 32.4 Å². The molecule has 1 rings (SSSR count). The quantitative estimate of drug-likeness (QED) is 0.446. The maximum absolute atomic E-state index is 11.7. The molecule has 1 fully saturated rings. The molecule has 1 unspecified atom stereocenters. The number of piperidine rings is 1. The van der Waals surface area contributed by atoms with Gasteiger partial charge in [-0.25, -0.2) is 0 Å². The van der Waals surface area contributed by atoms with Gasteiger partial charge in [-0.1, -0.05) is 6.92 Å². The number of methoxy groups -OCH3 is 1. The van der Waals surface area contributed by atoms with Crippen LogP contribution < -0.4 is 0 Å². The Kier molecular flexibility index (Phi) is 9.31. The van der Waals surface area contributed by atoms with Crippen LogP contribution in [0.5, 0.6) is 0 Å². The predicted molar refractivity (Wildman–Crippen MR) is 91.0 cm³/mol. The first-order valence-corrected chi connectivity index (χ1v) is 10.6. The van der Waals surface area contributed by atoms with Crippen LogP contribution >= 0.6 is 0 Å². The summed E-state index contributed by atoms with van der Waals surface area (Å²) in [5.41, 5.74) is 0.140. The van der Waals surface area contributed by atoms with Gasteiger partial charge < -0.3 is 18.0 Å². The van der Waals surface area contributed by atoms with E-state index >= 15 is 0 Å². The topological polar surface area (TPSA) is 57.2 Å². The SMILES string of the molecule is CCO[Si](OCC)(OCC)C(CC)N1CCC(C(=O)OC)CC1. The first-order chi connectivity index (χ1) is 11.1. The molecule has 1 heterocycles. The lowest BCUT2D eigenvalue weighted by atomic mass is 9.97. The molecule has 0 spiro atoms. The minimum atomic E-state index is -2.76. The Bertz CT molecular complexity index is 330. The first-order valence-electron chi connectivity index (χ1n) is 8.82. The average Bonchev–Trinajstić information content (AvgIpc) is 2.56. The van der Waals surface area contributed by atoms with Crippen molar-refractivity contribution in [3.05, 3.63) is 0 Å². The van der Waals surface area contributed by atoms with Crippen LogP contribution in [-0.4, -0.2) is 65.4 Å². The molecule has 0 N–H and O–H groups in total. The van der Waals surface area contributed by atoms with E-state index in [1.165, 1.54) is 7.11 Å². The molecule has 0 radical (unpaired) electrons. The number of nitrogens with zero attached hydrogens (tertiary/aromatic N) is 1. The Labute approximate surface area is 141 Å². The Balaban J connectivity index is 2.84. The van der Waals surface area contributed by atoms with Crippen LogP contribution in [0.2, 0.25) is 0 Å². The lowest BCUT2D eigenvalue weighted by Gasteiger charge is -2.43. The second kappa shape index (κ2) is 10.4. The fourth-order valence-corrected chi connectivity index (χ4v) is 6.60. The van der Waals surface area contributed by atoms with Gasteiger partial charge in [0, 0.05) is 19.8 Å². The summed E-state index contributed by atoms with van der Waals surface area (Å²) < 4.78 is 23.1. The molecule has 0 bridgehead atoms. The number of carbonyl (C=O) groups excluding carboxylic acids is 1. The maximum atomic E-state index is 11.7. The maximum Gasteiger partial charge on any atom is 0.519 e. The Hall–Kier alpha value is -0.473. The molecule has 0 saturated carbocycles. The molecule has 7 heteroatoms. The van der Waals surface area contributed by atoms with Crippen molar-refractivity contribution in [1.82, 2.24) is 4.90 Å². The summed E-state index contributed by atoms with van der Waals surface area (Å²) in [5.74, 6) is -0.0864. The van der Waals surface area contributed by atoms with Crippen molar-refractivity contribution in [1.29, 1.82) is 0 Å². The molecular formula is C16H33NO5Si. The van der Waals surface area contributed by atoms with Gasteiger partial charge in [-0.2, -0.15) is 0 Å².